The van der Waals surface area contributed by atoms with Gasteiger partial charge in [-0.05, 0) is 73.1 Å². The number of methoxy groups -OCH3 is 1. The van der Waals surface area contributed by atoms with Crippen LogP contribution in [0.3, 0.4) is 0 Å². The highest BCUT2D eigenvalue weighted by Gasteiger charge is 2.43. The molecule has 0 unspecified atom stereocenters. The predicted molar refractivity (Wildman–Crippen MR) is 142 cm³/mol. The summed E-state index contributed by atoms with van der Waals surface area (Å²) in [4.78, 5) is 31.9. The highest BCUT2D eigenvalue weighted by atomic mass is 79.9. The quantitative estimate of drug-likeness (QED) is 0.373. The molecule has 0 aliphatic carbocycles. The molecule has 1 aromatic carbocycles. The molecule has 2 atom stereocenters. The fourth-order valence-electron chi connectivity index (χ4n) is 3.34. The highest BCUT2D eigenvalue weighted by Crippen LogP contribution is 2.40. The zero-order valence-electron chi connectivity index (χ0n) is 22.1. The van der Waals surface area contributed by atoms with E-state index in [1.165, 1.54) is 17.8 Å². The molecule has 2 rings (SSSR count). The molecule has 202 valence electrons. The molecule has 11 heteroatoms. The van der Waals surface area contributed by atoms with Crippen molar-refractivity contribution in [3.8, 4) is 0 Å². The van der Waals surface area contributed by atoms with Gasteiger partial charge in [0.2, 0.25) is 0 Å². The van der Waals surface area contributed by atoms with Crippen LogP contribution in [0.2, 0.25) is 0 Å². The fraction of sp³-hybridized carbons (Fsp3) is 0.640. The summed E-state index contributed by atoms with van der Waals surface area (Å²) in [7, 11) is 1.57. The van der Waals surface area contributed by atoms with E-state index in [0.29, 0.717) is 23.3 Å². The summed E-state index contributed by atoms with van der Waals surface area (Å²) in [5.41, 5.74) is -2.67. The van der Waals surface area contributed by atoms with Crippen molar-refractivity contribution in [2.24, 2.45) is 4.99 Å². The van der Waals surface area contributed by atoms with E-state index >= 15 is 4.39 Å². The number of hydrogen-bond donors (Lipinski definition) is 0. The lowest BCUT2D eigenvalue weighted by atomic mass is 9.88. The van der Waals surface area contributed by atoms with E-state index in [9.17, 15) is 9.59 Å². The van der Waals surface area contributed by atoms with Gasteiger partial charge in [0.05, 0.1) is 19.3 Å². The Kier molecular flexibility index (Phi) is 10.4. The number of thioether (sulfide) groups is 1. The van der Waals surface area contributed by atoms with Gasteiger partial charge in [0.25, 0.3) is 0 Å². The van der Waals surface area contributed by atoms with Crippen molar-refractivity contribution in [3.63, 3.8) is 0 Å². The van der Waals surface area contributed by atoms with Gasteiger partial charge in [-0.25, -0.2) is 19.0 Å². The summed E-state index contributed by atoms with van der Waals surface area (Å²) in [6.45, 7) is 12.3. The summed E-state index contributed by atoms with van der Waals surface area (Å²) in [6.07, 6.45) is -1.74. The number of hydrogen-bond acceptors (Lipinski definition) is 8. The average molecular weight is 592 g/mol. The maximum Gasteiger partial charge on any atom is 0.426 e. The third kappa shape index (κ3) is 8.71. The molecule has 2 amide bonds. The van der Waals surface area contributed by atoms with Gasteiger partial charge in [-0.15, -0.1) is 0 Å². The van der Waals surface area contributed by atoms with Crippen LogP contribution in [0.4, 0.5) is 14.0 Å². The topological polar surface area (TPSA) is 86.7 Å². The van der Waals surface area contributed by atoms with E-state index in [2.05, 4.69) is 15.9 Å². The maximum absolute atomic E-state index is 15.2. The van der Waals surface area contributed by atoms with Crippen LogP contribution in [0.25, 0.3) is 0 Å². The van der Waals surface area contributed by atoms with Crippen LogP contribution < -0.4 is 0 Å². The van der Waals surface area contributed by atoms with Crippen LogP contribution in [0, 0.1) is 5.82 Å². The van der Waals surface area contributed by atoms with Crippen molar-refractivity contribution in [2.75, 3.05) is 26.1 Å². The highest BCUT2D eigenvalue weighted by molar-refractivity contribution is 9.10. The zero-order valence-corrected chi connectivity index (χ0v) is 24.5. The van der Waals surface area contributed by atoms with Gasteiger partial charge in [0, 0.05) is 22.9 Å². The number of nitrogens with zero attached hydrogens (tertiary/aromatic N) is 2. The molecule has 1 aromatic rings. The number of aliphatic imine (C=N–C) groups is 1. The first-order valence-corrected chi connectivity index (χ1v) is 13.4. The molecular formula is C25H36BrFN2O6S. The minimum atomic E-state index is -1.21. The largest absolute Gasteiger partial charge is 0.443 e. The van der Waals surface area contributed by atoms with Gasteiger partial charge >= 0.3 is 12.2 Å². The van der Waals surface area contributed by atoms with Crippen molar-refractivity contribution >= 4 is 45.0 Å². The van der Waals surface area contributed by atoms with Gasteiger partial charge in [-0.2, -0.15) is 4.90 Å². The van der Waals surface area contributed by atoms with Crippen molar-refractivity contribution in [1.29, 1.82) is 0 Å². The third-order valence-electron chi connectivity index (χ3n) is 4.84. The molecule has 1 aliphatic rings. The van der Waals surface area contributed by atoms with Crippen molar-refractivity contribution in [1.82, 2.24) is 4.90 Å². The summed E-state index contributed by atoms with van der Waals surface area (Å²) in [6, 6.07) is 4.58. The minimum absolute atomic E-state index is 0.00539. The summed E-state index contributed by atoms with van der Waals surface area (Å²) in [5.74, 6) is -0.0354. The molecular weight excluding hydrogens is 555 g/mol. The van der Waals surface area contributed by atoms with Gasteiger partial charge in [0.15, 0.2) is 5.17 Å². The maximum atomic E-state index is 15.2. The van der Waals surface area contributed by atoms with Crippen molar-refractivity contribution in [3.05, 3.63) is 34.1 Å². The number of imide groups is 1. The van der Waals surface area contributed by atoms with E-state index in [4.69, 9.17) is 23.9 Å². The Hall–Kier alpha value is -1.69. The minimum Gasteiger partial charge on any atom is -0.443 e. The molecule has 0 fully saturated rings. The van der Waals surface area contributed by atoms with Crippen molar-refractivity contribution in [2.45, 2.75) is 77.7 Å². The lowest BCUT2D eigenvalue weighted by Gasteiger charge is -2.37. The van der Waals surface area contributed by atoms with Gasteiger partial charge in [0.1, 0.15) is 22.6 Å². The molecule has 0 radical (unpaired) electrons. The number of amidine groups is 1. The first-order chi connectivity index (χ1) is 16.6. The summed E-state index contributed by atoms with van der Waals surface area (Å²) >= 11 is 4.60. The third-order valence-corrected chi connectivity index (χ3v) is 6.27. The van der Waals surface area contributed by atoms with Crippen LogP contribution in [-0.4, -0.2) is 65.6 Å². The lowest BCUT2D eigenvalue weighted by Crippen LogP contribution is -2.48. The van der Waals surface area contributed by atoms with Crippen LogP contribution in [0.5, 0.6) is 0 Å². The smallest absolute Gasteiger partial charge is 0.426 e. The number of benzene rings is 1. The average Bonchev–Trinajstić information content (AvgIpc) is 2.72. The second-order valence-corrected chi connectivity index (χ2v) is 12.5. The van der Waals surface area contributed by atoms with Crippen LogP contribution in [-0.2, 0) is 24.5 Å². The monoisotopic (exact) mass is 590 g/mol. The van der Waals surface area contributed by atoms with Crippen molar-refractivity contribution < 1.29 is 32.9 Å². The van der Waals surface area contributed by atoms with E-state index in [0.717, 1.165) is 4.90 Å². The Morgan fingerprint density at radius 3 is 2.28 bits per heavy atom. The molecule has 0 saturated carbocycles. The molecule has 36 heavy (non-hydrogen) atoms. The van der Waals surface area contributed by atoms with E-state index in [1.807, 2.05) is 6.92 Å². The second-order valence-electron chi connectivity index (χ2n) is 10.5. The number of amides is 2. The standard InChI is InChI=1S/C25H36BrFN2O6S/c1-16(14-32-8)33-15-25(18-13-17(26)9-10-19(18)27)11-12-36-20(28-25)29(21(30)34-23(2,3)4)22(31)35-24(5,6)7/h9-10,13,16H,11-12,14-15H2,1-8H3/t16-,25-/m1/s1. The molecule has 0 aromatic heterocycles. The number of halogens is 2. The molecule has 0 bridgehead atoms. The molecule has 0 saturated heterocycles. The summed E-state index contributed by atoms with van der Waals surface area (Å²) in [5, 5.41) is 0.0483. The molecule has 1 aliphatic heterocycles. The lowest BCUT2D eigenvalue weighted by molar-refractivity contribution is -0.0152. The van der Waals surface area contributed by atoms with E-state index < -0.39 is 34.7 Å². The van der Waals surface area contributed by atoms with Crippen LogP contribution in [0.15, 0.2) is 27.7 Å². The summed E-state index contributed by atoms with van der Waals surface area (Å²) < 4.78 is 38.0. The van der Waals surface area contributed by atoms with Crippen LogP contribution in [0.1, 0.15) is 60.5 Å². The molecule has 0 spiro atoms. The fourth-order valence-corrected chi connectivity index (χ4v) is 4.84. The number of ether oxygens (including phenoxy) is 4. The first-order valence-electron chi connectivity index (χ1n) is 11.6. The van der Waals surface area contributed by atoms with E-state index in [-0.39, 0.29) is 23.4 Å². The second kappa shape index (κ2) is 12.2. The molecule has 0 N–H and O–H groups in total. The predicted octanol–water partition coefficient (Wildman–Crippen LogP) is 6.50. The first kappa shape index (κ1) is 30.5. The Morgan fingerprint density at radius 1 is 1.17 bits per heavy atom. The number of carbonyl (C=O) groups excluding carboxylic acids is 2. The zero-order chi connectivity index (χ0) is 27.3. The Labute approximate surface area is 225 Å². The Balaban J connectivity index is 2.63. The SMILES string of the molecule is COC[C@@H](C)OC[C@@]1(c2cc(Br)ccc2F)CCSC(N(C(=O)OC(C)(C)C)C(=O)OC(C)(C)C)=N1. The van der Waals surface area contributed by atoms with Gasteiger partial charge < -0.3 is 18.9 Å². The normalized spacial score (nSPS) is 19.3. The number of rotatable bonds is 6. The van der Waals surface area contributed by atoms with Gasteiger partial charge in [-0.1, -0.05) is 27.7 Å². The Morgan fingerprint density at radius 2 is 1.75 bits per heavy atom. The molecule has 1 heterocycles. The number of carbonyl (C=O) groups is 2. The molecule has 8 nitrogen and oxygen atoms in total. The van der Waals surface area contributed by atoms with Gasteiger partial charge in [-0.3, -0.25) is 0 Å². The Bertz CT molecular complexity index is 950. The van der Waals surface area contributed by atoms with E-state index in [1.54, 1.807) is 60.8 Å². The van der Waals surface area contributed by atoms with Crippen LogP contribution >= 0.6 is 27.7 Å².